The zero-order valence-electron chi connectivity index (χ0n) is 14.0. The topological polar surface area (TPSA) is 27.1 Å². The lowest BCUT2D eigenvalue weighted by Gasteiger charge is -2.18. The molecule has 126 valence electrons. The number of nitrogens with zero attached hydrogens (tertiary/aromatic N) is 2. The largest absolute Gasteiger partial charge is 0.376 e. The molecule has 0 aliphatic rings. The maximum Gasteiger partial charge on any atom is 0.0946 e. The van der Waals surface area contributed by atoms with Gasteiger partial charge in [-0.1, -0.05) is 49.9 Å². The van der Waals surface area contributed by atoms with Crippen LogP contribution in [-0.2, 0) is 17.7 Å². The van der Waals surface area contributed by atoms with E-state index in [9.17, 15) is 0 Å². The van der Waals surface area contributed by atoms with Gasteiger partial charge >= 0.3 is 0 Å². The van der Waals surface area contributed by atoms with Crippen molar-refractivity contribution < 1.29 is 4.74 Å². The van der Waals surface area contributed by atoms with Gasteiger partial charge < -0.3 is 9.30 Å². The van der Waals surface area contributed by atoms with E-state index in [2.05, 4.69) is 28.6 Å². The Morgan fingerprint density at radius 3 is 2.70 bits per heavy atom. The second kappa shape index (κ2) is 10.5. The molecule has 0 saturated heterocycles. The first-order valence-electron chi connectivity index (χ1n) is 8.59. The number of unbranched alkanes of at least 4 members (excludes halogenated alkanes) is 3. The van der Waals surface area contributed by atoms with E-state index in [-0.39, 0.29) is 6.10 Å². The summed E-state index contributed by atoms with van der Waals surface area (Å²) in [5.41, 5.74) is 1.31. The number of hydrogen-bond donors (Lipinski definition) is 0. The van der Waals surface area contributed by atoms with Crippen molar-refractivity contribution in [1.82, 2.24) is 9.55 Å². The van der Waals surface area contributed by atoms with Crippen LogP contribution in [0.3, 0.4) is 0 Å². The van der Waals surface area contributed by atoms with E-state index >= 15 is 0 Å². The summed E-state index contributed by atoms with van der Waals surface area (Å²) in [5.74, 6) is 0. The van der Waals surface area contributed by atoms with Crippen LogP contribution in [0.15, 0.2) is 43.0 Å². The quantitative estimate of drug-likeness (QED) is 0.532. The molecule has 0 aliphatic carbocycles. The Hall–Kier alpha value is -1.32. The summed E-state index contributed by atoms with van der Waals surface area (Å²) in [7, 11) is 0. The molecule has 3 nitrogen and oxygen atoms in total. The summed E-state index contributed by atoms with van der Waals surface area (Å²) in [6.45, 7) is 3.94. The average Bonchev–Trinajstić information content (AvgIpc) is 3.06. The zero-order valence-corrected chi connectivity index (χ0v) is 14.7. The molecule has 1 heterocycles. The van der Waals surface area contributed by atoms with Crippen molar-refractivity contribution in [1.29, 1.82) is 0 Å². The molecule has 0 amide bonds. The SMILES string of the molecule is CCCCCCOC(CCc1ccc(Cl)cc1)Cn1ccnc1. The Labute approximate surface area is 144 Å². The summed E-state index contributed by atoms with van der Waals surface area (Å²) < 4.78 is 8.23. The maximum atomic E-state index is 6.13. The molecule has 0 aliphatic heterocycles. The number of aryl methyl sites for hydroxylation is 1. The van der Waals surface area contributed by atoms with Crippen LogP contribution < -0.4 is 0 Å². The highest BCUT2D eigenvalue weighted by Crippen LogP contribution is 2.14. The Kier molecular flexibility index (Phi) is 8.19. The van der Waals surface area contributed by atoms with Gasteiger partial charge in [0, 0.05) is 30.6 Å². The van der Waals surface area contributed by atoms with Gasteiger partial charge in [0.15, 0.2) is 0 Å². The third-order valence-corrected chi connectivity index (χ3v) is 4.25. The molecule has 0 bridgehead atoms. The third-order valence-electron chi connectivity index (χ3n) is 3.99. The van der Waals surface area contributed by atoms with Crippen molar-refractivity contribution in [2.24, 2.45) is 0 Å². The fourth-order valence-electron chi connectivity index (χ4n) is 2.61. The molecule has 2 rings (SSSR count). The summed E-state index contributed by atoms with van der Waals surface area (Å²) in [6, 6.07) is 8.09. The molecule has 1 aromatic heterocycles. The molecular formula is C19H27ClN2O. The lowest BCUT2D eigenvalue weighted by molar-refractivity contribution is 0.0336. The Morgan fingerprint density at radius 1 is 1.17 bits per heavy atom. The summed E-state index contributed by atoms with van der Waals surface area (Å²) in [6.07, 6.45) is 12.9. The number of rotatable bonds is 11. The first kappa shape index (κ1) is 18.0. The van der Waals surface area contributed by atoms with Crippen molar-refractivity contribution in [3.8, 4) is 0 Å². The number of benzene rings is 1. The van der Waals surface area contributed by atoms with Crippen LogP contribution in [0.2, 0.25) is 5.02 Å². The van der Waals surface area contributed by atoms with Gasteiger partial charge in [-0.15, -0.1) is 0 Å². The molecule has 0 saturated carbocycles. The molecular weight excluding hydrogens is 308 g/mol. The highest BCUT2D eigenvalue weighted by molar-refractivity contribution is 6.30. The Bertz CT molecular complexity index is 525. The summed E-state index contributed by atoms with van der Waals surface area (Å²) in [4.78, 5) is 4.12. The number of ether oxygens (including phenoxy) is 1. The molecule has 0 radical (unpaired) electrons. The van der Waals surface area contributed by atoms with Crippen LogP contribution in [0.1, 0.15) is 44.6 Å². The Balaban J connectivity index is 1.80. The van der Waals surface area contributed by atoms with Crippen LogP contribution in [0.4, 0.5) is 0 Å². The number of imidazole rings is 1. The van der Waals surface area contributed by atoms with E-state index in [1.54, 1.807) is 0 Å². The van der Waals surface area contributed by atoms with Gasteiger partial charge in [-0.25, -0.2) is 4.98 Å². The second-order valence-corrected chi connectivity index (χ2v) is 6.41. The van der Waals surface area contributed by atoms with Crippen molar-refractivity contribution in [3.05, 3.63) is 53.6 Å². The van der Waals surface area contributed by atoms with E-state index in [1.807, 2.05) is 30.9 Å². The smallest absolute Gasteiger partial charge is 0.0946 e. The monoisotopic (exact) mass is 334 g/mol. The zero-order chi connectivity index (χ0) is 16.3. The lowest BCUT2D eigenvalue weighted by atomic mass is 10.1. The van der Waals surface area contributed by atoms with Crippen molar-refractivity contribution in [2.45, 2.75) is 58.1 Å². The fraction of sp³-hybridized carbons (Fsp3) is 0.526. The van der Waals surface area contributed by atoms with Gasteiger partial charge in [-0.05, 0) is 37.0 Å². The van der Waals surface area contributed by atoms with Crippen LogP contribution in [0, 0.1) is 0 Å². The number of aromatic nitrogens is 2. The minimum absolute atomic E-state index is 0.224. The predicted molar refractivity (Wildman–Crippen MR) is 95.9 cm³/mol. The van der Waals surface area contributed by atoms with Gasteiger partial charge in [0.25, 0.3) is 0 Å². The van der Waals surface area contributed by atoms with E-state index in [0.717, 1.165) is 37.4 Å². The standard InChI is InChI=1S/C19H27ClN2O/c1-2-3-4-5-14-23-19(15-22-13-12-21-16-22)11-8-17-6-9-18(20)10-7-17/h6-7,9-10,12-13,16,19H,2-5,8,11,14-15H2,1H3. The van der Waals surface area contributed by atoms with Gasteiger partial charge in [-0.2, -0.15) is 0 Å². The van der Waals surface area contributed by atoms with Gasteiger partial charge in [0.1, 0.15) is 0 Å². The van der Waals surface area contributed by atoms with Crippen LogP contribution in [0.5, 0.6) is 0 Å². The second-order valence-electron chi connectivity index (χ2n) is 5.98. The van der Waals surface area contributed by atoms with Crippen LogP contribution in [-0.4, -0.2) is 22.3 Å². The molecule has 1 unspecified atom stereocenters. The third kappa shape index (κ3) is 7.19. The predicted octanol–water partition coefficient (Wildman–Crippen LogP) is 5.13. The van der Waals surface area contributed by atoms with E-state index in [4.69, 9.17) is 16.3 Å². The molecule has 0 N–H and O–H groups in total. The first-order chi connectivity index (χ1) is 11.3. The molecule has 1 aromatic carbocycles. The van der Waals surface area contributed by atoms with Gasteiger partial charge in [-0.3, -0.25) is 0 Å². The molecule has 1 atom stereocenters. The van der Waals surface area contributed by atoms with Crippen molar-refractivity contribution in [3.63, 3.8) is 0 Å². The van der Waals surface area contributed by atoms with Gasteiger partial charge in [0.05, 0.1) is 12.4 Å². The van der Waals surface area contributed by atoms with Crippen molar-refractivity contribution in [2.75, 3.05) is 6.61 Å². The minimum atomic E-state index is 0.224. The van der Waals surface area contributed by atoms with Crippen LogP contribution >= 0.6 is 11.6 Å². The average molecular weight is 335 g/mol. The Morgan fingerprint density at radius 2 is 2.00 bits per heavy atom. The van der Waals surface area contributed by atoms with Crippen molar-refractivity contribution >= 4 is 11.6 Å². The number of hydrogen-bond acceptors (Lipinski definition) is 2. The van der Waals surface area contributed by atoms with E-state index in [1.165, 1.54) is 24.8 Å². The number of halogens is 1. The van der Waals surface area contributed by atoms with E-state index < -0.39 is 0 Å². The molecule has 23 heavy (non-hydrogen) atoms. The van der Waals surface area contributed by atoms with Crippen LogP contribution in [0.25, 0.3) is 0 Å². The molecule has 0 fully saturated rings. The highest BCUT2D eigenvalue weighted by atomic mass is 35.5. The highest BCUT2D eigenvalue weighted by Gasteiger charge is 2.10. The van der Waals surface area contributed by atoms with Gasteiger partial charge in [0.2, 0.25) is 0 Å². The van der Waals surface area contributed by atoms with E-state index in [0.29, 0.717) is 0 Å². The molecule has 0 spiro atoms. The molecule has 4 heteroatoms. The maximum absolute atomic E-state index is 6.13. The minimum Gasteiger partial charge on any atom is -0.376 e. The summed E-state index contributed by atoms with van der Waals surface area (Å²) in [5, 5.41) is 0.788. The lowest BCUT2D eigenvalue weighted by Crippen LogP contribution is -2.21. The molecule has 2 aromatic rings. The first-order valence-corrected chi connectivity index (χ1v) is 8.97. The normalized spacial score (nSPS) is 12.4. The fourth-order valence-corrected chi connectivity index (χ4v) is 2.74. The summed E-state index contributed by atoms with van der Waals surface area (Å²) >= 11 is 5.94.